The van der Waals surface area contributed by atoms with Crippen LogP contribution in [0.3, 0.4) is 0 Å². The lowest BCUT2D eigenvalue weighted by atomic mass is 10.1. The molecule has 232 valence electrons. The molecule has 2 aromatic heterocycles. The SMILES string of the molecule is Cc1cn([C@H]2C[C@H](N=[N+]=[N-])[C@@H](COC(=O)c3cn4c5c(c(N6CCN(C)CC6)c(F)cc5c3=O)OC[C@@H]4C)O2)c(=O)[nH]c1=O. The van der Waals surface area contributed by atoms with E-state index >= 15 is 4.39 Å². The first kappa shape index (κ1) is 29.4. The second-order valence-electron chi connectivity index (χ2n) is 11.4. The first-order valence-electron chi connectivity index (χ1n) is 14.2. The molecule has 0 unspecified atom stereocenters. The molecule has 3 aromatic rings. The van der Waals surface area contributed by atoms with Crippen LogP contribution >= 0.6 is 0 Å². The Balaban J connectivity index is 1.29. The molecule has 15 nitrogen and oxygen atoms in total. The predicted octanol–water partition coefficient (Wildman–Crippen LogP) is 1.83. The number of aryl methyl sites for hydroxylation is 1. The van der Waals surface area contributed by atoms with Crippen LogP contribution in [-0.4, -0.2) is 83.6 Å². The number of rotatable bonds is 6. The molecule has 3 aliphatic rings. The Labute approximate surface area is 249 Å². The van der Waals surface area contributed by atoms with Crippen LogP contribution in [0.4, 0.5) is 10.1 Å². The number of ether oxygens (including phenoxy) is 3. The largest absolute Gasteiger partial charge is 0.487 e. The highest BCUT2D eigenvalue weighted by Gasteiger charge is 2.38. The minimum absolute atomic E-state index is 0.00618. The molecule has 1 aromatic carbocycles. The van der Waals surface area contributed by atoms with Crippen LogP contribution in [0.5, 0.6) is 5.75 Å². The van der Waals surface area contributed by atoms with Gasteiger partial charge in [-0.2, -0.15) is 0 Å². The number of aromatic amines is 1. The van der Waals surface area contributed by atoms with Gasteiger partial charge >= 0.3 is 11.7 Å². The van der Waals surface area contributed by atoms with E-state index in [0.29, 0.717) is 24.3 Å². The maximum atomic E-state index is 15.6. The molecule has 0 spiro atoms. The van der Waals surface area contributed by atoms with Gasteiger partial charge in [0.1, 0.15) is 36.8 Å². The third-order valence-electron chi connectivity index (χ3n) is 8.42. The standard InChI is InChI=1S/C28H31FN8O7/c1-14-10-37(28(41)31-26(14)39)21-9-19(32-33-30)20(44-21)13-43-27(40)17-11-36-15(2)12-42-25-22(36)16(24(17)38)8-18(29)23(25)35-6-4-34(3)5-7-35/h8,10-11,15,19-21H,4-7,9,12-13H2,1-3H3,(H,31,39,41)/t15-,19-,20+,21+/m0/s1. The molecule has 1 N–H and O–H groups in total. The number of H-pyrrole nitrogens is 1. The number of anilines is 1. The second-order valence-corrected chi connectivity index (χ2v) is 11.4. The molecule has 16 heteroatoms. The number of hydrogen-bond acceptors (Lipinski definition) is 10. The van der Waals surface area contributed by atoms with Crippen LogP contribution in [0.2, 0.25) is 0 Å². The molecule has 2 saturated heterocycles. The Kier molecular flexibility index (Phi) is 7.65. The summed E-state index contributed by atoms with van der Waals surface area (Å²) >= 11 is 0. The summed E-state index contributed by atoms with van der Waals surface area (Å²) in [6, 6.07) is 0.0726. The predicted molar refractivity (Wildman–Crippen MR) is 156 cm³/mol. The van der Waals surface area contributed by atoms with Gasteiger partial charge in [0.25, 0.3) is 5.56 Å². The van der Waals surface area contributed by atoms with Gasteiger partial charge in [0, 0.05) is 55.5 Å². The zero-order chi connectivity index (χ0) is 31.3. The smallest absolute Gasteiger partial charge is 0.343 e. The third-order valence-corrected chi connectivity index (χ3v) is 8.42. The topological polar surface area (TPSA) is 177 Å². The van der Waals surface area contributed by atoms with Gasteiger partial charge in [-0.1, -0.05) is 5.11 Å². The lowest BCUT2D eigenvalue weighted by Crippen LogP contribution is -2.45. The van der Waals surface area contributed by atoms with Gasteiger partial charge in [-0.15, -0.1) is 0 Å². The fraction of sp³-hybridized carbons (Fsp3) is 0.500. The maximum absolute atomic E-state index is 15.6. The van der Waals surface area contributed by atoms with Gasteiger partial charge < -0.3 is 28.6 Å². The number of esters is 1. The summed E-state index contributed by atoms with van der Waals surface area (Å²) in [5, 5.41) is 3.72. The molecular weight excluding hydrogens is 579 g/mol. The van der Waals surface area contributed by atoms with E-state index in [1.165, 1.54) is 23.9 Å². The van der Waals surface area contributed by atoms with Crippen molar-refractivity contribution in [2.45, 2.75) is 44.7 Å². The second kappa shape index (κ2) is 11.4. The summed E-state index contributed by atoms with van der Waals surface area (Å²) in [6.07, 6.45) is 0.979. The van der Waals surface area contributed by atoms with Gasteiger partial charge in [-0.25, -0.2) is 14.0 Å². The number of aromatic nitrogens is 3. The number of pyridine rings is 1. The number of benzene rings is 1. The van der Waals surface area contributed by atoms with Crippen LogP contribution in [0.25, 0.3) is 21.3 Å². The maximum Gasteiger partial charge on any atom is 0.343 e. The number of halogens is 1. The van der Waals surface area contributed by atoms with Crippen LogP contribution in [0.1, 0.15) is 41.5 Å². The number of piperazine rings is 1. The zero-order valence-corrected chi connectivity index (χ0v) is 24.4. The molecule has 0 amide bonds. The van der Waals surface area contributed by atoms with Crippen molar-refractivity contribution in [1.29, 1.82) is 0 Å². The minimum atomic E-state index is -0.965. The van der Waals surface area contributed by atoms with Gasteiger partial charge in [0.2, 0.25) is 5.43 Å². The fourth-order valence-corrected chi connectivity index (χ4v) is 5.94. The number of carbonyl (C=O) groups is 1. The quantitative estimate of drug-likeness (QED) is 0.189. The molecule has 44 heavy (non-hydrogen) atoms. The summed E-state index contributed by atoms with van der Waals surface area (Å²) in [4.78, 5) is 60.1. The van der Waals surface area contributed by atoms with Crippen molar-refractivity contribution in [2.75, 3.05) is 51.3 Å². The fourth-order valence-electron chi connectivity index (χ4n) is 5.94. The Morgan fingerprint density at radius 3 is 2.68 bits per heavy atom. The molecule has 4 atom stereocenters. The third kappa shape index (κ3) is 5.10. The number of nitrogens with one attached hydrogen (secondary N) is 1. The Morgan fingerprint density at radius 1 is 1.20 bits per heavy atom. The Bertz CT molecular complexity index is 1870. The number of likely N-dealkylation sites (N-methyl/N-ethyl adjacent to an activating group) is 1. The molecule has 0 radical (unpaired) electrons. The normalized spacial score (nSPS) is 23.3. The van der Waals surface area contributed by atoms with Crippen molar-refractivity contribution in [3.63, 3.8) is 0 Å². The highest BCUT2D eigenvalue weighted by Crippen LogP contribution is 2.42. The van der Waals surface area contributed by atoms with E-state index in [4.69, 9.17) is 19.7 Å². The molecule has 0 bridgehead atoms. The van der Waals surface area contributed by atoms with Gasteiger partial charge in [-0.3, -0.25) is 19.1 Å². The highest BCUT2D eigenvalue weighted by atomic mass is 19.1. The summed E-state index contributed by atoms with van der Waals surface area (Å²) in [7, 11) is 2.00. The van der Waals surface area contributed by atoms with Gasteiger partial charge in [0.15, 0.2) is 11.6 Å². The van der Waals surface area contributed by atoms with E-state index in [2.05, 4.69) is 19.9 Å². The lowest BCUT2D eigenvalue weighted by molar-refractivity contribution is -0.0363. The van der Waals surface area contributed by atoms with E-state index in [1.807, 2.05) is 18.9 Å². The molecule has 6 rings (SSSR count). The summed E-state index contributed by atoms with van der Waals surface area (Å²) in [5.74, 6) is -1.31. The first-order valence-corrected chi connectivity index (χ1v) is 14.2. The summed E-state index contributed by atoms with van der Waals surface area (Å²) in [6.45, 7) is 5.88. The van der Waals surface area contributed by atoms with Gasteiger partial charge in [-0.05, 0) is 32.5 Å². The van der Waals surface area contributed by atoms with E-state index < -0.39 is 53.4 Å². The molecule has 5 heterocycles. The lowest BCUT2D eigenvalue weighted by Gasteiger charge is -2.37. The van der Waals surface area contributed by atoms with Crippen molar-refractivity contribution >= 4 is 22.6 Å². The first-order chi connectivity index (χ1) is 21.1. The molecule has 2 fully saturated rings. The van der Waals surface area contributed by atoms with E-state index in [-0.39, 0.29) is 41.3 Å². The van der Waals surface area contributed by atoms with Crippen LogP contribution in [-0.2, 0) is 9.47 Å². The Morgan fingerprint density at radius 2 is 1.95 bits per heavy atom. The number of nitrogens with zero attached hydrogens (tertiary/aromatic N) is 7. The van der Waals surface area contributed by atoms with Crippen molar-refractivity contribution < 1.29 is 23.4 Å². The number of azide groups is 1. The van der Waals surface area contributed by atoms with E-state index in [0.717, 1.165) is 19.2 Å². The monoisotopic (exact) mass is 610 g/mol. The molecule has 0 saturated carbocycles. The van der Waals surface area contributed by atoms with E-state index in [9.17, 15) is 19.2 Å². The minimum Gasteiger partial charge on any atom is -0.487 e. The van der Waals surface area contributed by atoms with Crippen LogP contribution in [0, 0.1) is 12.7 Å². The van der Waals surface area contributed by atoms with Crippen molar-refractivity contribution in [1.82, 2.24) is 19.0 Å². The number of hydrogen-bond donors (Lipinski definition) is 1. The molecular formula is C28H31FN8O7. The van der Waals surface area contributed by atoms with Crippen molar-refractivity contribution in [2.24, 2.45) is 5.11 Å². The van der Waals surface area contributed by atoms with Crippen molar-refractivity contribution in [3.8, 4) is 5.75 Å². The summed E-state index contributed by atoms with van der Waals surface area (Å²) in [5.41, 5.74) is 7.80. The van der Waals surface area contributed by atoms with Crippen LogP contribution < -0.4 is 26.3 Å². The zero-order valence-electron chi connectivity index (χ0n) is 24.4. The van der Waals surface area contributed by atoms with Gasteiger partial charge in [0.05, 0.1) is 23.0 Å². The average Bonchev–Trinajstić information content (AvgIpc) is 3.39. The Hall–Kier alpha value is -4.66. The van der Waals surface area contributed by atoms with Crippen molar-refractivity contribution in [3.05, 3.63) is 76.9 Å². The molecule has 3 aliphatic heterocycles. The average molecular weight is 611 g/mol. The molecule has 0 aliphatic carbocycles. The van der Waals surface area contributed by atoms with E-state index in [1.54, 1.807) is 4.57 Å². The summed E-state index contributed by atoms with van der Waals surface area (Å²) < 4.78 is 35.9. The number of carbonyl (C=O) groups excluding carboxylic acids is 1. The highest BCUT2D eigenvalue weighted by molar-refractivity contribution is 5.98. The van der Waals surface area contributed by atoms with Crippen LogP contribution in [0.15, 0.2) is 38.0 Å².